The van der Waals surface area contributed by atoms with Gasteiger partial charge in [0.2, 0.25) is 0 Å². The van der Waals surface area contributed by atoms with E-state index in [1.54, 1.807) is 0 Å². The van der Waals surface area contributed by atoms with E-state index in [2.05, 4.69) is 67.9 Å². The Hall–Kier alpha value is -1.28. The molecule has 0 spiro atoms. The van der Waals surface area contributed by atoms with E-state index in [1.807, 2.05) is 6.07 Å². The second-order valence-electron chi connectivity index (χ2n) is 5.10. The van der Waals surface area contributed by atoms with E-state index < -0.39 is 0 Å². The van der Waals surface area contributed by atoms with Gasteiger partial charge >= 0.3 is 0 Å². The summed E-state index contributed by atoms with van der Waals surface area (Å²) in [5.41, 5.74) is 6.39. The van der Waals surface area contributed by atoms with Crippen LogP contribution in [0.4, 0.5) is 0 Å². The van der Waals surface area contributed by atoms with Gasteiger partial charge in [-0.05, 0) is 78.0 Å². The van der Waals surface area contributed by atoms with E-state index >= 15 is 0 Å². The van der Waals surface area contributed by atoms with Crippen LogP contribution in [0.15, 0.2) is 34.8 Å². The molecule has 2 aromatic carbocycles. The topological polar surface area (TPSA) is 9.23 Å². The van der Waals surface area contributed by atoms with Crippen molar-refractivity contribution in [2.45, 2.75) is 34.3 Å². The molecule has 0 N–H and O–H groups in total. The number of rotatable bonds is 3. The summed E-state index contributed by atoms with van der Waals surface area (Å²) in [7, 11) is 0. The van der Waals surface area contributed by atoms with Crippen LogP contribution in [0.5, 0.6) is 5.75 Å². The van der Waals surface area contributed by atoms with Crippen LogP contribution in [0.1, 0.15) is 27.8 Å². The summed E-state index contributed by atoms with van der Waals surface area (Å²) >= 11 is 3.54. The number of hydrogen-bond acceptors (Lipinski definition) is 1. The highest BCUT2D eigenvalue weighted by Gasteiger charge is 2.06. The van der Waals surface area contributed by atoms with Crippen LogP contribution in [0, 0.1) is 27.7 Å². The van der Waals surface area contributed by atoms with E-state index in [0.29, 0.717) is 6.61 Å². The van der Waals surface area contributed by atoms with Crippen molar-refractivity contribution >= 4 is 15.9 Å². The second-order valence-corrected chi connectivity index (χ2v) is 5.95. The average molecular weight is 319 g/mol. The quantitative estimate of drug-likeness (QED) is 0.749. The van der Waals surface area contributed by atoms with Crippen LogP contribution >= 0.6 is 15.9 Å². The fourth-order valence-corrected chi connectivity index (χ4v) is 2.92. The average Bonchev–Trinajstić information content (AvgIpc) is 2.30. The Morgan fingerprint density at radius 1 is 0.895 bits per heavy atom. The maximum atomic E-state index is 5.93. The Bertz CT molecular complexity index is 579. The Labute approximate surface area is 123 Å². The van der Waals surface area contributed by atoms with Gasteiger partial charge in [0.1, 0.15) is 12.4 Å². The molecule has 0 fully saturated rings. The van der Waals surface area contributed by atoms with Crippen molar-refractivity contribution in [1.29, 1.82) is 0 Å². The van der Waals surface area contributed by atoms with E-state index in [1.165, 1.54) is 27.8 Å². The monoisotopic (exact) mass is 318 g/mol. The summed E-state index contributed by atoms with van der Waals surface area (Å²) in [5.74, 6) is 0.893. The first kappa shape index (κ1) is 14.1. The molecule has 0 aliphatic rings. The van der Waals surface area contributed by atoms with Gasteiger partial charge in [0, 0.05) is 0 Å². The van der Waals surface area contributed by atoms with Gasteiger partial charge in [0.25, 0.3) is 0 Å². The molecule has 0 saturated carbocycles. The molecule has 2 aromatic rings. The Morgan fingerprint density at radius 3 is 2.11 bits per heavy atom. The number of hydrogen-bond donors (Lipinski definition) is 0. The van der Waals surface area contributed by atoms with Crippen LogP contribution in [0.2, 0.25) is 0 Å². The highest BCUT2D eigenvalue weighted by atomic mass is 79.9. The van der Waals surface area contributed by atoms with Crippen molar-refractivity contribution < 1.29 is 4.74 Å². The fourth-order valence-electron chi connectivity index (χ4n) is 2.31. The standard InChI is InChI=1S/C17H19BrO/c1-11-5-6-17(16(18)9-11)19-10-15-13(3)7-12(2)8-14(15)4/h5-9H,10H2,1-4H3. The van der Waals surface area contributed by atoms with Gasteiger partial charge in [0.15, 0.2) is 0 Å². The molecule has 1 nitrogen and oxygen atoms in total. The van der Waals surface area contributed by atoms with Gasteiger partial charge in [0.05, 0.1) is 4.47 Å². The normalized spacial score (nSPS) is 10.6. The summed E-state index contributed by atoms with van der Waals surface area (Å²) in [6.07, 6.45) is 0. The van der Waals surface area contributed by atoms with Gasteiger partial charge in [-0.15, -0.1) is 0 Å². The van der Waals surface area contributed by atoms with Crippen LogP contribution in [0.25, 0.3) is 0 Å². The van der Waals surface area contributed by atoms with Crippen molar-refractivity contribution in [3.63, 3.8) is 0 Å². The fraction of sp³-hybridized carbons (Fsp3) is 0.294. The lowest BCUT2D eigenvalue weighted by molar-refractivity contribution is 0.302. The lowest BCUT2D eigenvalue weighted by atomic mass is 10.0. The molecule has 19 heavy (non-hydrogen) atoms. The first-order valence-electron chi connectivity index (χ1n) is 6.43. The van der Waals surface area contributed by atoms with Crippen LogP contribution in [-0.2, 0) is 6.61 Å². The third-order valence-electron chi connectivity index (χ3n) is 3.30. The third-order valence-corrected chi connectivity index (χ3v) is 3.92. The van der Waals surface area contributed by atoms with Crippen molar-refractivity contribution in [3.05, 3.63) is 62.6 Å². The van der Waals surface area contributed by atoms with Gasteiger partial charge in [-0.2, -0.15) is 0 Å². The molecular formula is C17H19BrO. The Morgan fingerprint density at radius 2 is 1.53 bits per heavy atom. The molecule has 0 atom stereocenters. The molecular weight excluding hydrogens is 300 g/mol. The maximum Gasteiger partial charge on any atom is 0.134 e. The predicted molar refractivity (Wildman–Crippen MR) is 83.9 cm³/mol. The zero-order valence-electron chi connectivity index (χ0n) is 11.9. The number of ether oxygens (including phenoxy) is 1. The molecule has 0 heterocycles. The van der Waals surface area contributed by atoms with Crippen molar-refractivity contribution in [1.82, 2.24) is 0 Å². The molecule has 0 unspecified atom stereocenters. The molecule has 0 aromatic heterocycles. The second kappa shape index (κ2) is 5.79. The highest BCUT2D eigenvalue weighted by Crippen LogP contribution is 2.27. The minimum absolute atomic E-state index is 0.611. The maximum absolute atomic E-state index is 5.93. The van der Waals surface area contributed by atoms with Gasteiger partial charge in [-0.25, -0.2) is 0 Å². The molecule has 0 bridgehead atoms. The molecule has 0 amide bonds. The van der Waals surface area contributed by atoms with Gasteiger partial charge < -0.3 is 4.74 Å². The molecule has 0 aliphatic carbocycles. The Balaban J connectivity index is 2.19. The minimum Gasteiger partial charge on any atom is -0.488 e. The van der Waals surface area contributed by atoms with Crippen LogP contribution < -0.4 is 4.74 Å². The third kappa shape index (κ3) is 3.38. The molecule has 0 aliphatic heterocycles. The molecule has 2 heteroatoms. The van der Waals surface area contributed by atoms with Crippen LogP contribution in [-0.4, -0.2) is 0 Å². The minimum atomic E-state index is 0.611. The molecule has 0 radical (unpaired) electrons. The number of halogens is 1. The summed E-state index contributed by atoms with van der Waals surface area (Å²) in [6.45, 7) is 9.09. The Kier molecular flexibility index (Phi) is 4.31. The first-order chi connectivity index (χ1) is 8.97. The highest BCUT2D eigenvalue weighted by molar-refractivity contribution is 9.10. The lowest BCUT2D eigenvalue weighted by Gasteiger charge is -2.14. The summed E-state index contributed by atoms with van der Waals surface area (Å²) in [5, 5.41) is 0. The molecule has 0 saturated heterocycles. The largest absolute Gasteiger partial charge is 0.488 e. The lowest BCUT2D eigenvalue weighted by Crippen LogP contribution is -2.01. The number of benzene rings is 2. The van der Waals surface area contributed by atoms with Gasteiger partial charge in [-0.1, -0.05) is 23.8 Å². The summed E-state index contributed by atoms with van der Waals surface area (Å²) in [4.78, 5) is 0. The van der Waals surface area contributed by atoms with Crippen molar-refractivity contribution in [2.75, 3.05) is 0 Å². The predicted octanol–water partition coefficient (Wildman–Crippen LogP) is 5.26. The van der Waals surface area contributed by atoms with Crippen LogP contribution in [0.3, 0.4) is 0 Å². The zero-order chi connectivity index (χ0) is 14.0. The summed E-state index contributed by atoms with van der Waals surface area (Å²) < 4.78 is 6.94. The smallest absolute Gasteiger partial charge is 0.134 e. The number of aryl methyl sites for hydroxylation is 4. The van der Waals surface area contributed by atoms with Crippen molar-refractivity contribution in [3.8, 4) is 5.75 Å². The van der Waals surface area contributed by atoms with E-state index in [4.69, 9.17) is 4.74 Å². The van der Waals surface area contributed by atoms with E-state index in [-0.39, 0.29) is 0 Å². The molecule has 100 valence electrons. The van der Waals surface area contributed by atoms with Gasteiger partial charge in [-0.3, -0.25) is 0 Å². The van der Waals surface area contributed by atoms with E-state index in [9.17, 15) is 0 Å². The zero-order valence-corrected chi connectivity index (χ0v) is 13.5. The molecule has 2 rings (SSSR count). The SMILES string of the molecule is Cc1cc(C)c(COc2ccc(C)cc2Br)c(C)c1. The van der Waals surface area contributed by atoms with Crippen molar-refractivity contribution in [2.24, 2.45) is 0 Å². The summed E-state index contributed by atoms with van der Waals surface area (Å²) in [6, 6.07) is 10.6. The first-order valence-corrected chi connectivity index (χ1v) is 7.22. The van der Waals surface area contributed by atoms with E-state index in [0.717, 1.165) is 10.2 Å².